The normalized spacial score (nSPS) is 15.5. The molecule has 2 rings (SSSR count). The summed E-state index contributed by atoms with van der Waals surface area (Å²) >= 11 is 0. The van der Waals surface area contributed by atoms with Gasteiger partial charge in [-0.05, 0) is 44.4 Å². The first-order chi connectivity index (χ1) is 9.49. The van der Waals surface area contributed by atoms with Crippen molar-refractivity contribution in [1.82, 2.24) is 4.90 Å². The molecule has 1 atom stereocenters. The summed E-state index contributed by atoms with van der Waals surface area (Å²) in [6.07, 6.45) is 1.74. The van der Waals surface area contributed by atoms with Gasteiger partial charge in [-0.15, -0.1) is 0 Å². The van der Waals surface area contributed by atoms with Crippen LogP contribution in [-0.4, -0.2) is 40.6 Å². The average Bonchev–Trinajstić information content (AvgIpc) is 3.21. The highest BCUT2D eigenvalue weighted by Gasteiger charge is 2.38. The summed E-state index contributed by atoms with van der Waals surface area (Å²) in [6.45, 7) is 3.35. The molecule has 0 spiro atoms. The van der Waals surface area contributed by atoms with Crippen LogP contribution in [0.15, 0.2) is 24.3 Å². The maximum absolute atomic E-state index is 12.2. The number of aryl methyl sites for hydroxylation is 1. The predicted octanol–water partition coefficient (Wildman–Crippen LogP) is 1.84. The molecular formula is C15H19NO4. The van der Waals surface area contributed by atoms with Gasteiger partial charge in [-0.3, -0.25) is 4.79 Å². The quantitative estimate of drug-likeness (QED) is 0.861. The zero-order chi connectivity index (χ0) is 14.7. The fourth-order valence-corrected chi connectivity index (χ4v) is 2.13. The lowest BCUT2D eigenvalue weighted by Crippen LogP contribution is -2.46. The monoisotopic (exact) mass is 277 g/mol. The maximum Gasteiger partial charge on any atom is 0.326 e. The van der Waals surface area contributed by atoms with E-state index in [0.29, 0.717) is 5.75 Å². The lowest BCUT2D eigenvalue weighted by molar-refractivity contribution is -0.150. The predicted molar refractivity (Wildman–Crippen MR) is 73.6 cm³/mol. The number of nitrogens with zero attached hydrogens (tertiary/aromatic N) is 1. The van der Waals surface area contributed by atoms with Gasteiger partial charge in [0.2, 0.25) is 0 Å². The molecule has 1 aliphatic carbocycles. The second-order valence-electron chi connectivity index (χ2n) is 5.15. The molecule has 5 nitrogen and oxygen atoms in total. The van der Waals surface area contributed by atoms with Gasteiger partial charge in [0.25, 0.3) is 5.91 Å². The minimum atomic E-state index is -0.985. The second-order valence-corrected chi connectivity index (χ2v) is 5.15. The van der Waals surface area contributed by atoms with E-state index in [2.05, 4.69) is 0 Å². The highest BCUT2D eigenvalue weighted by molar-refractivity contribution is 5.84. The number of hydrogen-bond donors (Lipinski definition) is 1. The van der Waals surface area contributed by atoms with Gasteiger partial charge in [-0.2, -0.15) is 0 Å². The third-order valence-electron chi connectivity index (χ3n) is 3.35. The van der Waals surface area contributed by atoms with Crippen LogP contribution in [0.3, 0.4) is 0 Å². The SMILES string of the molecule is Cc1cccc(OCC(=O)N(C2CC2)C(C)C(=O)O)c1. The Morgan fingerprint density at radius 2 is 2.15 bits per heavy atom. The van der Waals surface area contributed by atoms with Crippen LogP contribution in [-0.2, 0) is 9.59 Å². The first kappa shape index (κ1) is 14.4. The average molecular weight is 277 g/mol. The molecule has 20 heavy (non-hydrogen) atoms. The van der Waals surface area contributed by atoms with E-state index in [-0.39, 0.29) is 18.6 Å². The molecule has 0 saturated heterocycles. The Bertz CT molecular complexity index is 510. The van der Waals surface area contributed by atoms with Crippen LogP contribution in [0.1, 0.15) is 25.3 Å². The summed E-state index contributed by atoms with van der Waals surface area (Å²) in [5, 5.41) is 9.06. The van der Waals surface area contributed by atoms with Crippen LogP contribution in [0.4, 0.5) is 0 Å². The van der Waals surface area contributed by atoms with Crippen LogP contribution in [0.2, 0.25) is 0 Å². The summed E-state index contributed by atoms with van der Waals surface area (Å²) in [4.78, 5) is 24.7. The molecule has 1 aromatic carbocycles. The maximum atomic E-state index is 12.2. The third-order valence-corrected chi connectivity index (χ3v) is 3.35. The first-order valence-corrected chi connectivity index (χ1v) is 6.72. The van der Waals surface area contributed by atoms with E-state index in [1.807, 2.05) is 25.1 Å². The highest BCUT2D eigenvalue weighted by Crippen LogP contribution is 2.29. The van der Waals surface area contributed by atoms with E-state index < -0.39 is 12.0 Å². The summed E-state index contributed by atoms with van der Waals surface area (Å²) in [5.41, 5.74) is 1.05. The first-order valence-electron chi connectivity index (χ1n) is 6.72. The fraction of sp³-hybridized carbons (Fsp3) is 0.467. The fourth-order valence-electron chi connectivity index (χ4n) is 2.13. The Morgan fingerprint density at radius 1 is 1.45 bits per heavy atom. The zero-order valence-corrected chi connectivity index (χ0v) is 11.7. The van der Waals surface area contributed by atoms with Crippen molar-refractivity contribution < 1.29 is 19.4 Å². The largest absolute Gasteiger partial charge is 0.484 e. The molecule has 1 fully saturated rings. The van der Waals surface area contributed by atoms with Gasteiger partial charge in [0, 0.05) is 6.04 Å². The number of ether oxygens (including phenoxy) is 1. The Morgan fingerprint density at radius 3 is 2.70 bits per heavy atom. The van der Waals surface area contributed by atoms with Crippen LogP contribution in [0.5, 0.6) is 5.75 Å². The number of carbonyl (C=O) groups excluding carboxylic acids is 1. The molecule has 0 radical (unpaired) electrons. The minimum Gasteiger partial charge on any atom is -0.484 e. The van der Waals surface area contributed by atoms with E-state index in [0.717, 1.165) is 18.4 Å². The number of carboxylic acid groups (broad SMARTS) is 1. The van der Waals surface area contributed by atoms with Crippen molar-refractivity contribution in [1.29, 1.82) is 0 Å². The number of amides is 1. The van der Waals surface area contributed by atoms with Gasteiger partial charge in [0.1, 0.15) is 11.8 Å². The van der Waals surface area contributed by atoms with E-state index >= 15 is 0 Å². The Labute approximate surface area is 118 Å². The molecule has 1 amide bonds. The van der Waals surface area contributed by atoms with Crippen molar-refractivity contribution in [3.05, 3.63) is 29.8 Å². The molecule has 5 heteroatoms. The second kappa shape index (κ2) is 5.94. The van der Waals surface area contributed by atoms with Gasteiger partial charge in [0.05, 0.1) is 0 Å². The molecule has 108 valence electrons. The smallest absolute Gasteiger partial charge is 0.326 e. The van der Waals surface area contributed by atoms with Gasteiger partial charge >= 0.3 is 5.97 Å². The van der Waals surface area contributed by atoms with Crippen molar-refractivity contribution in [2.75, 3.05) is 6.61 Å². The van der Waals surface area contributed by atoms with Crippen LogP contribution in [0.25, 0.3) is 0 Å². The molecule has 1 unspecified atom stereocenters. The lowest BCUT2D eigenvalue weighted by atomic mass is 10.2. The van der Waals surface area contributed by atoms with Crippen LogP contribution < -0.4 is 4.74 Å². The summed E-state index contributed by atoms with van der Waals surface area (Å²) in [6, 6.07) is 6.66. The van der Waals surface area contributed by atoms with Crippen molar-refractivity contribution >= 4 is 11.9 Å². The van der Waals surface area contributed by atoms with E-state index in [9.17, 15) is 9.59 Å². The summed E-state index contributed by atoms with van der Waals surface area (Å²) < 4.78 is 5.45. The van der Waals surface area contributed by atoms with Crippen molar-refractivity contribution in [3.63, 3.8) is 0 Å². The van der Waals surface area contributed by atoms with Gasteiger partial charge < -0.3 is 14.7 Å². The molecule has 0 heterocycles. The number of carbonyl (C=O) groups is 2. The minimum absolute atomic E-state index is 0.0507. The van der Waals surface area contributed by atoms with Crippen LogP contribution >= 0.6 is 0 Å². The van der Waals surface area contributed by atoms with E-state index in [1.54, 1.807) is 6.07 Å². The topological polar surface area (TPSA) is 66.8 Å². The highest BCUT2D eigenvalue weighted by atomic mass is 16.5. The number of aliphatic carboxylic acids is 1. The summed E-state index contributed by atoms with van der Waals surface area (Å²) in [5.74, 6) is -0.637. The Hall–Kier alpha value is -2.04. The molecule has 0 bridgehead atoms. The molecule has 1 N–H and O–H groups in total. The van der Waals surface area contributed by atoms with Crippen molar-refractivity contribution in [3.8, 4) is 5.75 Å². The number of benzene rings is 1. The van der Waals surface area contributed by atoms with Crippen molar-refractivity contribution in [2.24, 2.45) is 0 Å². The Kier molecular flexibility index (Phi) is 4.27. The molecular weight excluding hydrogens is 258 g/mol. The van der Waals surface area contributed by atoms with Gasteiger partial charge in [-0.1, -0.05) is 12.1 Å². The molecule has 0 aromatic heterocycles. The van der Waals surface area contributed by atoms with Crippen LogP contribution in [0, 0.1) is 6.92 Å². The Balaban J connectivity index is 1.97. The van der Waals surface area contributed by atoms with Crippen molar-refractivity contribution in [2.45, 2.75) is 38.8 Å². The molecule has 1 aromatic rings. The zero-order valence-electron chi connectivity index (χ0n) is 11.7. The van der Waals surface area contributed by atoms with E-state index in [4.69, 9.17) is 9.84 Å². The molecule has 0 aliphatic heterocycles. The molecule has 1 saturated carbocycles. The van der Waals surface area contributed by atoms with Gasteiger partial charge in [-0.25, -0.2) is 4.79 Å². The number of hydrogen-bond acceptors (Lipinski definition) is 3. The molecule has 1 aliphatic rings. The van der Waals surface area contributed by atoms with Gasteiger partial charge in [0.15, 0.2) is 6.61 Å². The third kappa shape index (κ3) is 3.50. The number of rotatable bonds is 6. The summed E-state index contributed by atoms with van der Waals surface area (Å²) in [7, 11) is 0. The lowest BCUT2D eigenvalue weighted by Gasteiger charge is -2.26. The van der Waals surface area contributed by atoms with E-state index in [1.165, 1.54) is 11.8 Å². The standard InChI is InChI=1S/C15H19NO4/c1-10-4-3-5-13(8-10)20-9-14(17)16(12-6-7-12)11(2)15(18)19/h3-5,8,11-12H,6-7,9H2,1-2H3,(H,18,19). The number of carboxylic acids is 1.